The highest BCUT2D eigenvalue weighted by atomic mass is 35.5. The number of halogens is 1. The van der Waals surface area contributed by atoms with E-state index in [1.165, 1.54) is 0 Å². The highest BCUT2D eigenvalue weighted by molar-refractivity contribution is 6.31. The average molecular weight is 288 g/mol. The van der Waals surface area contributed by atoms with Gasteiger partial charge in [-0.3, -0.25) is 4.79 Å². The molecular formula is C17H18ClNO. The fourth-order valence-corrected chi connectivity index (χ4v) is 2.26. The number of amides is 1. The molecule has 0 radical (unpaired) electrons. The molecule has 3 heteroatoms. The Morgan fingerprint density at radius 3 is 2.40 bits per heavy atom. The van der Waals surface area contributed by atoms with E-state index in [4.69, 9.17) is 11.6 Å². The van der Waals surface area contributed by atoms with Gasteiger partial charge in [0.1, 0.15) is 0 Å². The molecule has 1 N–H and O–H groups in total. The summed E-state index contributed by atoms with van der Waals surface area (Å²) in [6, 6.07) is 14.8. The Bertz CT molecular complexity index is 629. The molecule has 2 nitrogen and oxygen atoms in total. The number of carbonyl (C=O) groups is 1. The Morgan fingerprint density at radius 2 is 1.75 bits per heavy atom. The molecule has 0 aliphatic rings. The third-order valence-electron chi connectivity index (χ3n) is 3.07. The third-order valence-corrected chi connectivity index (χ3v) is 3.31. The Labute approximate surface area is 124 Å². The first-order valence-electron chi connectivity index (χ1n) is 6.54. The van der Waals surface area contributed by atoms with Crippen molar-refractivity contribution in [2.24, 2.45) is 0 Å². The lowest BCUT2D eigenvalue weighted by molar-refractivity contribution is 0.102. The van der Waals surface area contributed by atoms with Crippen molar-refractivity contribution in [2.45, 2.75) is 26.2 Å². The van der Waals surface area contributed by atoms with Crippen LogP contribution in [-0.2, 0) is 5.41 Å². The van der Waals surface area contributed by atoms with Gasteiger partial charge in [0.25, 0.3) is 5.91 Å². The molecule has 0 bridgehead atoms. The topological polar surface area (TPSA) is 29.1 Å². The van der Waals surface area contributed by atoms with Crippen LogP contribution >= 0.6 is 11.6 Å². The van der Waals surface area contributed by atoms with Crippen molar-refractivity contribution in [3.8, 4) is 0 Å². The van der Waals surface area contributed by atoms with Crippen molar-refractivity contribution in [3.63, 3.8) is 0 Å². The van der Waals surface area contributed by atoms with Crippen LogP contribution in [0, 0.1) is 0 Å². The SMILES string of the molecule is CC(C)(C)c1ccccc1NC(=O)c1cccc(Cl)c1. The van der Waals surface area contributed by atoms with E-state index in [1.807, 2.05) is 24.3 Å². The van der Waals surface area contributed by atoms with E-state index in [9.17, 15) is 4.79 Å². The van der Waals surface area contributed by atoms with E-state index < -0.39 is 0 Å². The number of rotatable bonds is 2. The molecule has 2 aromatic rings. The van der Waals surface area contributed by atoms with Crippen molar-refractivity contribution in [2.75, 3.05) is 5.32 Å². The fourth-order valence-electron chi connectivity index (χ4n) is 2.07. The van der Waals surface area contributed by atoms with E-state index in [1.54, 1.807) is 24.3 Å². The van der Waals surface area contributed by atoms with Crippen LogP contribution in [0.4, 0.5) is 5.69 Å². The molecule has 0 aliphatic heterocycles. The lowest BCUT2D eigenvalue weighted by atomic mass is 9.86. The normalized spacial score (nSPS) is 11.2. The Morgan fingerprint density at radius 1 is 1.05 bits per heavy atom. The first-order valence-corrected chi connectivity index (χ1v) is 6.92. The van der Waals surface area contributed by atoms with Gasteiger partial charge >= 0.3 is 0 Å². The second kappa shape index (κ2) is 5.68. The van der Waals surface area contributed by atoms with Crippen molar-refractivity contribution >= 4 is 23.2 Å². The molecule has 2 aromatic carbocycles. The highest BCUT2D eigenvalue weighted by Gasteiger charge is 2.18. The van der Waals surface area contributed by atoms with E-state index in [0.717, 1.165) is 11.3 Å². The number of hydrogen-bond acceptors (Lipinski definition) is 1. The predicted octanol–water partition coefficient (Wildman–Crippen LogP) is 4.89. The summed E-state index contributed by atoms with van der Waals surface area (Å²) in [7, 11) is 0. The minimum absolute atomic E-state index is 0.0296. The molecule has 0 saturated carbocycles. The Kier molecular flexibility index (Phi) is 4.15. The zero-order chi connectivity index (χ0) is 14.8. The van der Waals surface area contributed by atoms with Gasteiger partial charge in [-0.2, -0.15) is 0 Å². The number of anilines is 1. The first kappa shape index (κ1) is 14.6. The molecule has 1 amide bonds. The molecule has 0 heterocycles. The van der Waals surface area contributed by atoms with Gasteiger partial charge in [0.2, 0.25) is 0 Å². The quantitative estimate of drug-likeness (QED) is 0.837. The number of nitrogens with one attached hydrogen (secondary N) is 1. The minimum Gasteiger partial charge on any atom is -0.322 e. The second-order valence-corrected chi connectivity index (χ2v) is 6.20. The lowest BCUT2D eigenvalue weighted by Crippen LogP contribution is -2.18. The standard InChI is InChI=1S/C17H18ClNO/c1-17(2,3)14-9-4-5-10-15(14)19-16(20)12-7-6-8-13(18)11-12/h4-11H,1-3H3,(H,19,20). The maximum atomic E-state index is 12.3. The lowest BCUT2D eigenvalue weighted by Gasteiger charge is -2.23. The van der Waals surface area contributed by atoms with Gasteiger partial charge in [0.15, 0.2) is 0 Å². The van der Waals surface area contributed by atoms with Crippen LogP contribution in [0.2, 0.25) is 5.02 Å². The van der Waals surface area contributed by atoms with Gasteiger partial charge in [-0.25, -0.2) is 0 Å². The summed E-state index contributed by atoms with van der Waals surface area (Å²) in [6.07, 6.45) is 0. The van der Waals surface area contributed by atoms with E-state index in [0.29, 0.717) is 10.6 Å². The maximum absolute atomic E-state index is 12.3. The van der Waals surface area contributed by atoms with Gasteiger partial charge in [-0.15, -0.1) is 0 Å². The molecule has 0 unspecified atom stereocenters. The molecule has 0 atom stereocenters. The molecule has 2 rings (SSSR count). The van der Waals surface area contributed by atoms with Crippen molar-refractivity contribution < 1.29 is 4.79 Å². The number of para-hydroxylation sites is 1. The van der Waals surface area contributed by atoms with Gasteiger partial charge < -0.3 is 5.32 Å². The van der Waals surface area contributed by atoms with Gasteiger partial charge in [0, 0.05) is 16.3 Å². The number of benzene rings is 2. The van der Waals surface area contributed by atoms with Crippen LogP contribution in [0.5, 0.6) is 0 Å². The van der Waals surface area contributed by atoms with Gasteiger partial charge in [-0.05, 0) is 35.2 Å². The number of hydrogen-bond donors (Lipinski definition) is 1. The molecule has 0 aliphatic carbocycles. The molecule has 0 fully saturated rings. The summed E-state index contributed by atoms with van der Waals surface area (Å²) in [4.78, 5) is 12.3. The monoisotopic (exact) mass is 287 g/mol. The first-order chi connectivity index (χ1) is 9.38. The van der Waals surface area contributed by atoms with Crippen LogP contribution in [-0.4, -0.2) is 5.91 Å². The zero-order valence-electron chi connectivity index (χ0n) is 11.9. The van der Waals surface area contributed by atoms with E-state index >= 15 is 0 Å². The summed E-state index contributed by atoms with van der Waals surface area (Å²) < 4.78 is 0. The second-order valence-electron chi connectivity index (χ2n) is 5.76. The van der Waals surface area contributed by atoms with Crippen LogP contribution in [0.1, 0.15) is 36.7 Å². The highest BCUT2D eigenvalue weighted by Crippen LogP contribution is 2.29. The zero-order valence-corrected chi connectivity index (χ0v) is 12.7. The van der Waals surface area contributed by atoms with Crippen molar-refractivity contribution in [3.05, 3.63) is 64.7 Å². The largest absolute Gasteiger partial charge is 0.322 e. The van der Waals surface area contributed by atoms with Crippen LogP contribution in [0.15, 0.2) is 48.5 Å². The van der Waals surface area contributed by atoms with Gasteiger partial charge in [-0.1, -0.05) is 56.6 Å². The average Bonchev–Trinajstić information content (AvgIpc) is 2.38. The fraction of sp³-hybridized carbons (Fsp3) is 0.235. The van der Waals surface area contributed by atoms with Crippen LogP contribution in [0.3, 0.4) is 0 Å². The molecule has 0 spiro atoms. The maximum Gasteiger partial charge on any atom is 0.255 e. The Balaban J connectivity index is 2.29. The molecular weight excluding hydrogens is 270 g/mol. The van der Waals surface area contributed by atoms with Crippen LogP contribution in [0.25, 0.3) is 0 Å². The minimum atomic E-state index is -0.149. The third kappa shape index (κ3) is 3.40. The molecule has 104 valence electrons. The summed E-state index contributed by atoms with van der Waals surface area (Å²) in [5.74, 6) is -0.149. The summed E-state index contributed by atoms with van der Waals surface area (Å²) in [5.41, 5.74) is 2.47. The molecule has 20 heavy (non-hydrogen) atoms. The van der Waals surface area contributed by atoms with Crippen molar-refractivity contribution in [1.82, 2.24) is 0 Å². The van der Waals surface area contributed by atoms with Crippen molar-refractivity contribution in [1.29, 1.82) is 0 Å². The van der Waals surface area contributed by atoms with E-state index in [2.05, 4.69) is 26.1 Å². The van der Waals surface area contributed by atoms with E-state index in [-0.39, 0.29) is 11.3 Å². The Hall–Kier alpha value is -1.80. The smallest absolute Gasteiger partial charge is 0.255 e. The van der Waals surface area contributed by atoms with Crippen LogP contribution < -0.4 is 5.32 Å². The summed E-state index contributed by atoms with van der Waals surface area (Å²) in [6.45, 7) is 6.37. The molecule has 0 aromatic heterocycles. The summed E-state index contributed by atoms with van der Waals surface area (Å²) >= 11 is 5.92. The van der Waals surface area contributed by atoms with Gasteiger partial charge in [0.05, 0.1) is 0 Å². The predicted molar refractivity (Wildman–Crippen MR) is 84.5 cm³/mol. The molecule has 0 saturated heterocycles. The number of carbonyl (C=O) groups excluding carboxylic acids is 1. The summed E-state index contributed by atoms with van der Waals surface area (Å²) in [5, 5.41) is 3.52.